The predicted molar refractivity (Wildman–Crippen MR) is 72.3 cm³/mol. The van der Waals surface area contributed by atoms with Crippen LogP contribution in [-0.4, -0.2) is 35.7 Å². The molecule has 1 rings (SSSR count). The van der Waals surface area contributed by atoms with Crippen LogP contribution in [0.15, 0.2) is 23.2 Å². The van der Waals surface area contributed by atoms with Gasteiger partial charge >= 0.3 is 0 Å². The molecule has 8 heteroatoms. The molecule has 0 saturated carbocycles. The van der Waals surface area contributed by atoms with Gasteiger partial charge in [0, 0.05) is 35.0 Å². The summed E-state index contributed by atoms with van der Waals surface area (Å²) in [5.41, 5.74) is 0.161. The molecule has 1 heterocycles. The van der Waals surface area contributed by atoms with Gasteiger partial charge in [0.2, 0.25) is 10.0 Å². The van der Waals surface area contributed by atoms with Crippen LogP contribution in [0.1, 0.15) is 19.0 Å². The van der Waals surface area contributed by atoms with Crippen molar-refractivity contribution in [3.63, 3.8) is 0 Å². The number of sulfonamides is 1. The fourth-order valence-electron chi connectivity index (χ4n) is 1.25. The fourth-order valence-corrected chi connectivity index (χ4v) is 2.69. The summed E-state index contributed by atoms with van der Waals surface area (Å²) in [7, 11) is -4.60. The van der Waals surface area contributed by atoms with E-state index in [1.54, 1.807) is 13.2 Å². The van der Waals surface area contributed by atoms with Crippen molar-refractivity contribution in [1.29, 1.82) is 5.26 Å². The zero-order chi connectivity index (χ0) is 14.5. The molecular formula is C11H15N3O3S2. The Balaban J connectivity index is 2.66. The summed E-state index contributed by atoms with van der Waals surface area (Å²) >= 11 is 0. The molecule has 1 aromatic heterocycles. The molecule has 0 aliphatic heterocycles. The Morgan fingerprint density at radius 3 is 2.68 bits per heavy atom. The number of pyridine rings is 1. The maximum atomic E-state index is 11.9. The lowest BCUT2D eigenvalue weighted by Crippen LogP contribution is -2.27. The topological polar surface area (TPSA) is 99.9 Å². The number of rotatable bonds is 6. The first-order valence-corrected chi connectivity index (χ1v) is 8.65. The maximum absolute atomic E-state index is 11.9. The Labute approximate surface area is 115 Å². The summed E-state index contributed by atoms with van der Waals surface area (Å²) in [6.45, 7) is 2.01. The molecule has 0 spiro atoms. The maximum Gasteiger partial charge on any atom is 0.242 e. The van der Waals surface area contributed by atoms with Crippen LogP contribution in [0.4, 0.5) is 0 Å². The summed E-state index contributed by atoms with van der Waals surface area (Å²) in [5, 5.41) is 8.51. The molecule has 1 N–H and O–H groups in total. The molecule has 0 aromatic carbocycles. The van der Waals surface area contributed by atoms with Gasteiger partial charge in [-0.15, -0.1) is 0 Å². The first-order chi connectivity index (χ1) is 8.86. The molecule has 2 atom stereocenters. The molecule has 19 heavy (non-hydrogen) atoms. The van der Waals surface area contributed by atoms with Gasteiger partial charge in [0.05, 0.1) is 0 Å². The van der Waals surface area contributed by atoms with Crippen molar-refractivity contribution in [1.82, 2.24) is 9.71 Å². The number of hydrogen-bond acceptors (Lipinski definition) is 5. The van der Waals surface area contributed by atoms with E-state index >= 15 is 0 Å². The normalized spacial score (nSPS) is 14.6. The third-order valence-corrected chi connectivity index (χ3v) is 5.39. The van der Waals surface area contributed by atoms with Gasteiger partial charge in [-0.1, -0.05) is 6.92 Å². The Morgan fingerprint density at radius 1 is 1.53 bits per heavy atom. The van der Waals surface area contributed by atoms with Crippen molar-refractivity contribution >= 4 is 20.8 Å². The monoisotopic (exact) mass is 301 g/mol. The van der Waals surface area contributed by atoms with E-state index in [4.69, 9.17) is 5.26 Å². The smallest absolute Gasteiger partial charge is 0.242 e. The molecule has 0 aliphatic rings. The van der Waals surface area contributed by atoms with Crippen LogP contribution in [0.5, 0.6) is 0 Å². The minimum atomic E-state index is -3.63. The van der Waals surface area contributed by atoms with Crippen molar-refractivity contribution < 1.29 is 12.6 Å². The van der Waals surface area contributed by atoms with Gasteiger partial charge in [-0.2, -0.15) is 5.26 Å². The van der Waals surface area contributed by atoms with Gasteiger partial charge in [-0.25, -0.2) is 18.1 Å². The van der Waals surface area contributed by atoms with E-state index in [9.17, 15) is 12.6 Å². The van der Waals surface area contributed by atoms with E-state index < -0.39 is 20.8 Å². The molecule has 1 aromatic rings. The highest BCUT2D eigenvalue weighted by atomic mass is 32.2. The van der Waals surface area contributed by atoms with E-state index in [1.165, 1.54) is 12.1 Å². The third kappa shape index (κ3) is 4.70. The molecule has 104 valence electrons. The number of hydrogen-bond donors (Lipinski definition) is 1. The summed E-state index contributed by atoms with van der Waals surface area (Å²) in [6.07, 6.45) is 3.22. The molecular weight excluding hydrogens is 286 g/mol. The van der Waals surface area contributed by atoms with E-state index in [0.29, 0.717) is 6.42 Å². The summed E-state index contributed by atoms with van der Waals surface area (Å²) in [6, 6.07) is 4.49. The van der Waals surface area contributed by atoms with Crippen molar-refractivity contribution in [2.45, 2.75) is 23.5 Å². The van der Waals surface area contributed by atoms with Crippen LogP contribution in [0, 0.1) is 11.3 Å². The summed E-state index contributed by atoms with van der Waals surface area (Å²) in [5.74, 6) is 0. The molecule has 0 amide bonds. The van der Waals surface area contributed by atoms with E-state index in [-0.39, 0.29) is 22.4 Å². The third-order valence-electron chi connectivity index (χ3n) is 2.57. The second-order valence-corrected chi connectivity index (χ2v) is 7.56. The van der Waals surface area contributed by atoms with Gasteiger partial charge in [-0.05, 0) is 18.6 Å². The van der Waals surface area contributed by atoms with E-state index in [2.05, 4.69) is 9.71 Å². The SMILES string of the molecule is CC(CCNS(=O)(=O)c1ccc(C#N)nc1)S(C)=O. The molecule has 0 saturated heterocycles. The molecule has 0 bridgehead atoms. The highest BCUT2D eigenvalue weighted by molar-refractivity contribution is 7.89. The predicted octanol–water partition coefficient (Wildman–Crippen LogP) is 0.389. The van der Waals surface area contributed by atoms with Gasteiger partial charge < -0.3 is 0 Å². The molecule has 0 radical (unpaired) electrons. The Morgan fingerprint density at radius 2 is 2.21 bits per heavy atom. The second-order valence-electron chi connectivity index (χ2n) is 3.99. The van der Waals surface area contributed by atoms with Crippen molar-refractivity contribution in [2.75, 3.05) is 12.8 Å². The van der Waals surface area contributed by atoms with Gasteiger partial charge in [0.15, 0.2) is 0 Å². The highest BCUT2D eigenvalue weighted by Crippen LogP contribution is 2.08. The van der Waals surface area contributed by atoms with Crippen LogP contribution in [0.25, 0.3) is 0 Å². The average Bonchev–Trinajstić information content (AvgIpc) is 2.38. The molecule has 6 nitrogen and oxygen atoms in total. The minimum Gasteiger partial charge on any atom is -0.260 e. The Bertz CT molecular complexity index is 591. The van der Waals surface area contributed by atoms with Crippen LogP contribution in [0.3, 0.4) is 0 Å². The minimum absolute atomic E-state index is 0.0109. The van der Waals surface area contributed by atoms with Gasteiger partial charge in [-0.3, -0.25) is 4.21 Å². The zero-order valence-corrected chi connectivity index (χ0v) is 12.3. The van der Waals surface area contributed by atoms with Gasteiger partial charge in [0.25, 0.3) is 0 Å². The highest BCUT2D eigenvalue weighted by Gasteiger charge is 2.15. The molecule has 2 unspecified atom stereocenters. The lowest BCUT2D eigenvalue weighted by atomic mass is 10.3. The standard InChI is InChI=1S/C11H15N3O3S2/c1-9(18(2)15)5-6-14-19(16,17)11-4-3-10(7-12)13-8-11/h3-4,8-9,14H,5-6H2,1-2H3. The summed E-state index contributed by atoms with van der Waals surface area (Å²) in [4.78, 5) is 3.72. The number of nitrogens with zero attached hydrogens (tertiary/aromatic N) is 2. The quantitative estimate of drug-likeness (QED) is 0.819. The number of aromatic nitrogens is 1. The van der Waals surface area contributed by atoms with Crippen LogP contribution in [0.2, 0.25) is 0 Å². The lowest BCUT2D eigenvalue weighted by Gasteiger charge is -2.09. The first kappa shape index (κ1) is 15.8. The van der Waals surface area contributed by atoms with Gasteiger partial charge in [0.1, 0.15) is 16.7 Å². The Hall–Kier alpha value is -1.30. The average molecular weight is 301 g/mol. The largest absolute Gasteiger partial charge is 0.260 e. The van der Waals surface area contributed by atoms with Crippen molar-refractivity contribution in [3.05, 3.63) is 24.0 Å². The molecule has 0 aliphatic carbocycles. The lowest BCUT2D eigenvalue weighted by molar-refractivity contribution is 0.577. The fraction of sp³-hybridized carbons (Fsp3) is 0.455. The first-order valence-electron chi connectivity index (χ1n) is 5.55. The van der Waals surface area contributed by atoms with Crippen molar-refractivity contribution in [2.24, 2.45) is 0 Å². The van der Waals surface area contributed by atoms with E-state index in [1.807, 2.05) is 6.07 Å². The van der Waals surface area contributed by atoms with Crippen LogP contribution < -0.4 is 4.72 Å². The number of nitriles is 1. The second kappa shape index (κ2) is 6.75. The zero-order valence-electron chi connectivity index (χ0n) is 10.7. The van der Waals surface area contributed by atoms with Crippen LogP contribution >= 0.6 is 0 Å². The summed E-state index contributed by atoms with van der Waals surface area (Å²) < 4.78 is 37.3. The van der Waals surface area contributed by atoms with E-state index in [0.717, 1.165) is 6.20 Å². The van der Waals surface area contributed by atoms with Crippen molar-refractivity contribution in [3.8, 4) is 6.07 Å². The number of nitrogens with one attached hydrogen (secondary N) is 1. The molecule has 0 fully saturated rings. The Kier molecular flexibility index (Phi) is 5.60. The van der Waals surface area contributed by atoms with Crippen LogP contribution in [-0.2, 0) is 20.8 Å².